The molecule has 45 heavy (non-hydrogen) atoms. The Balaban J connectivity index is 1.26. The molecule has 4 aromatic carbocycles. The van der Waals surface area contributed by atoms with Gasteiger partial charge in [0, 0.05) is 5.56 Å². The van der Waals surface area contributed by atoms with Crippen LogP contribution in [-0.4, -0.2) is 6.10 Å². The topological polar surface area (TPSA) is 33.0 Å². The van der Waals surface area contributed by atoms with Gasteiger partial charge in [0.05, 0.1) is 11.7 Å². The largest absolute Gasteiger partial charge is 0.389 e. The molecule has 1 fully saturated rings. The Morgan fingerprint density at radius 2 is 1.38 bits per heavy atom. The summed E-state index contributed by atoms with van der Waals surface area (Å²) in [5.74, 6) is -4.59. The quantitative estimate of drug-likeness (QED) is 0.130. The van der Waals surface area contributed by atoms with Crippen molar-refractivity contribution in [2.75, 3.05) is 0 Å². The summed E-state index contributed by atoms with van der Waals surface area (Å²) in [6.45, 7) is 2.14. The van der Waals surface area contributed by atoms with Crippen molar-refractivity contribution in [1.29, 1.82) is 5.26 Å². The number of halogens is 6. The highest BCUT2D eigenvalue weighted by atomic mass is 19.3. The molecule has 8 heteroatoms. The van der Waals surface area contributed by atoms with E-state index >= 15 is 22.0 Å². The van der Waals surface area contributed by atoms with E-state index < -0.39 is 41.0 Å². The van der Waals surface area contributed by atoms with Gasteiger partial charge in [0.15, 0.2) is 0 Å². The molecule has 1 aliphatic rings. The normalized spacial score (nSPS) is 16.8. The van der Waals surface area contributed by atoms with Gasteiger partial charge in [-0.2, -0.15) is 14.0 Å². The lowest BCUT2D eigenvalue weighted by Crippen LogP contribution is -2.31. The van der Waals surface area contributed by atoms with Gasteiger partial charge in [-0.3, -0.25) is 0 Å². The summed E-state index contributed by atoms with van der Waals surface area (Å²) in [4.78, 5) is 0. The second kappa shape index (κ2) is 13.9. The van der Waals surface area contributed by atoms with Crippen LogP contribution in [0.15, 0.2) is 72.8 Å². The molecule has 0 atom stereocenters. The Kier molecular flexibility index (Phi) is 9.99. The molecule has 234 valence electrons. The zero-order valence-corrected chi connectivity index (χ0v) is 24.9. The first-order valence-corrected chi connectivity index (χ1v) is 15.2. The van der Waals surface area contributed by atoms with E-state index in [1.54, 1.807) is 18.2 Å². The number of ether oxygens (including phenoxy) is 1. The van der Waals surface area contributed by atoms with Crippen LogP contribution in [0.4, 0.5) is 26.3 Å². The first-order valence-electron chi connectivity index (χ1n) is 15.2. The predicted octanol–water partition coefficient (Wildman–Crippen LogP) is 11.0. The van der Waals surface area contributed by atoms with Gasteiger partial charge >= 0.3 is 6.11 Å². The molecule has 1 aliphatic carbocycles. The average Bonchev–Trinajstić information content (AvgIpc) is 3.01. The summed E-state index contributed by atoms with van der Waals surface area (Å²) in [5, 5.41) is 8.91. The molecule has 0 N–H and O–H groups in total. The van der Waals surface area contributed by atoms with Crippen LogP contribution in [-0.2, 0) is 17.3 Å². The van der Waals surface area contributed by atoms with Crippen LogP contribution in [0.3, 0.4) is 0 Å². The summed E-state index contributed by atoms with van der Waals surface area (Å²) in [5.41, 5.74) is 1.25. The van der Waals surface area contributed by atoms with Crippen LogP contribution in [0.5, 0.6) is 0 Å². The zero-order valence-electron chi connectivity index (χ0n) is 24.9. The van der Waals surface area contributed by atoms with Gasteiger partial charge in [0.25, 0.3) is 0 Å². The molecule has 0 aliphatic heterocycles. The molecular weight excluding hydrogens is 588 g/mol. The van der Waals surface area contributed by atoms with Crippen molar-refractivity contribution in [1.82, 2.24) is 0 Å². The summed E-state index contributed by atoms with van der Waals surface area (Å²) in [7, 11) is 0. The number of nitrogens with zero attached hydrogens (tertiary/aromatic N) is 1. The van der Waals surface area contributed by atoms with Crippen LogP contribution in [0.2, 0.25) is 0 Å². The van der Waals surface area contributed by atoms with Gasteiger partial charge in [0.2, 0.25) is 0 Å². The van der Waals surface area contributed by atoms with E-state index in [1.165, 1.54) is 29.8 Å². The number of unbranched alkanes of at least 4 members (excludes halogenated alkanes) is 2. The third-order valence-electron chi connectivity index (χ3n) is 8.54. The first kappa shape index (κ1) is 32.3. The Morgan fingerprint density at radius 3 is 1.98 bits per heavy atom. The number of aryl methyl sites for hydroxylation is 1. The number of benzene rings is 4. The number of nitriles is 1. The Labute approximate surface area is 259 Å². The molecule has 0 spiro atoms. The molecule has 0 bridgehead atoms. The van der Waals surface area contributed by atoms with E-state index in [9.17, 15) is 4.39 Å². The Bertz CT molecular complexity index is 1660. The lowest BCUT2D eigenvalue weighted by molar-refractivity contribution is -0.280. The zero-order chi connectivity index (χ0) is 32.1. The molecule has 4 aromatic rings. The Hall–Kier alpha value is -4.09. The second-order valence-electron chi connectivity index (χ2n) is 11.6. The van der Waals surface area contributed by atoms with Crippen LogP contribution in [0, 0.1) is 34.6 Å². The van der Waals surface area contributed by atoms with Crippen LogP contribution in [0.25, 0.3) is 22.3 Å². The van der Waals surface area contributed by atoms with E-state index in [4.69, 9.17) is 10.00 Å². The van der Waals surface area contributed by atoms with Gasteiger partial charge in [-0.1, -0.05) is 62.2 Å². The minimum Gasteiger partial charge on any atom is -0.313 e. The van der Waals surface area contributed by atoms with Crippen molar-refractivity contribution in [3.63, 3.8) is 0 Å². The minimum absolute atomic E-state index is 0.0797. The lowest BCUT2D eigenvalue weighted by Gasteiger charge is -2.31. The number of hydrogen-bond donors (Lipinski definition) is 0. The average molecular weight is 622 g/mol. The minimum atomic E-state index is -4.27. The van der Waals surface area contributed by atoms with Crippen molar-refractivity contribution < 1.29 is 31.1 Å². The second-order valence-corrected chi connectivity index (χ2v) is 11.6. The van der Waals surface area contributed by atoms with E-state index in [-0.39, 0.29) is 35.4 Å². The van der Waals surface area contributed by atoms with Crippen LogP contribution >= 0.6 is 0 Å². The monoisotopic (exact) mass is 621 g/mol. The summed E-state index contributed by atoms with van der Waals surface area (Å²) in [6, 6.07) is 19.4. The summed E-state index contributed by atoms with van der Waals surface area (Å²) >= 11 is 0. The van der Waals surface area contributed by atoms with Crippen molar-refractivity contribution in [3.05, 3.63) is 118 Å². The highest BCUT2D eigenvalue weighted by molar-refractivity contribution is 5.71. The third-order valence-corrected chi connectivity index (χ3v) is 8.54. The van der Waals surface area contributed by atoms with Gasteiger partial charge in [-0.15, -0.1) is 0 Å². The molecule has 2 nitrogen and oxygen atoms in total. The highest BCUT2D eigenvalue weighted by Crippen LogP contribution is 2.42. The molecule has 5 rings (SSSR count). The smallest absolute Gasteiger partial charge is 0.313 e. The number of rotatable bonds is 10. The number of alkyl halides is 2. The fourth-order valence-electron chi connectivity index (χ4n) is 6.04. The van der Waals surface area contributed by atoms with E-state index in [1.807, 2.05) is 24.3 Å². The molecule has 0 heterocycles. The van der Waals surface area contributed by atoms with Crippen molar-refractivity contribution in [2.45, 2.75) is 76.4 Å². The molecule has 1 saturated carbocycles. The number of hydrogen-bond acceptors (Lipinski definition) is 2. The SMILES string of the molecule is CCCCCc1ccc(-c2ccc(-c3cc(F)c(C(F)(F)OC4CCC(c5ccc(C#N)c(F)c5)CC4)c(F)c3)c(F)c2)cc1. The molecule has 0 unspecified atom stereocenters. The van der Waals surface area contributed by atoms with E-state index in [2.05, 4.69) is 6.92 Å². The summed E-state index contributed by atoms with van der Waals surface area (Å²) < 4.78 is 94.5. The van der Waals surface area contributed by atoms with Gasteiger partial charge < -0.3 is 4.74 Å². The van der Waals surface area contributed by atoms with Gasteiger partial charge in [-0.05, 0) is 103 Å². The highest BCUT2D eigenvalue weighted by Gasteiger charge is 2.42. The molecule has 0 saturated heterocycles. The van der Waals surface area contributed by atoms with Crippen LogP contribution < -0.4 is 0 Å². The van der Waals surface area contributed by atoms with Gasteiger partial charge in [-0.25, -0.2) is 17.6 Å². The standard InChI is InChI=1S/C37H33F6NO/c1-2-3-4-5-23-6-8-24(9-7-23)27-14-17-31(33(39)19-27)29-20-34(40)36(35(41)21-29)37(42,43)45-30-15-12-25(13-16-30)26-10-11-28(22-44)32(38)18-26/h6-11,14,17-21,25,30H,2-5,12-13,15-16H2,1H3. The fourth-order valence-corrected chi connectivity index (χ4v) is 6.04. The van der Waals surface area contributed by atoms with E-state index in [0.29, 0.717) is 36.1 Å². The Morgan fingerprint density at radius 1 is 0.733 bits per heavy atom. The maximum absolute atomic E-state index is 15.2. The molecule has 0 aromatic heterocycles. The van der Waals surface area contributed by atoms with Crippen molar-refractivity contribution in [2.24, 2.45) is 0 Å². The lowest BCUT2D eigenvalue weighted by atomic mass is 9.82. The van der Waals surface area contributed by atoms with E-state index in [0.717, 1.165) is 31.2 Å². The molecule has 0 radical (unpaired) electrons. The first-order chi connectivity index (χ1) is 21.6. The van der Waals surface area contributed by atoms with Crippen molar-refractivity contribution >= 4 is 0 Å². The summed E-state index contributed by atoms with van der Waals surface area (Å²) in [6.07, 6.45) is 0.215. The third kappa shape index (κ3) is 7.42. The molecule has 0 amide bonds. The van der Waals surface area contributed by atoms with Crippen LogP contribution in [0.1, 0.15) is 80.0 Å². The predicted molar refractivity (Wildman–Crippen MR) is 162 cm³/mol. The fraction of sp³-hybridized carbons (Fsp3) is 0.324. The maximum Gasteiger partial charge on any atom is 0.389 e. The van der Waals surface area contributed by atoms with Crippen molar-refractivity contribution in [3.8, 4) is 28.3 Å². The maximum atomic E-state index is 15.2. The molecular formula is C37H33F6NO. The van der Waals surface area contributed by atoms with Gasteiger partial charge in [0.1, 0.15) is 34.9 Å².